The lowest BCUT2D eigenvalue weighted by Gasteiger charge is -2.47. The Bertz CT molecular complexity index is 1350. The predicted octanol–water partition coefficient (Wildman–Crippen LogP) is 7.33. The van der Waals surface area contributed by atoms with Crippen LogP contribution in [0.2, 0.25) is 5.02 Å². The number of hydrogen-bond donors (Lipinski definition) is 0. The number of hydrogen-bond acceptors (Lipinski definition) is 2. The Morgan fingerprint density at radius 1 is 0.639 bits per heavy atom. The fraction of sp³-hybridized carbons (Fsp3) is 0.375. The Morgan fingerprint density at radius 2 is 1.11 bits per heavy atom. The van der Waals surface area contributed by atoms with E-state index in [2.05, 4.69) is 77.9 Å². The van der Waals surface area contributed by atoms with Crippen LogP contribution < -0.4 is 4.90 Å². The van der Waals surface area contributed by atoms with E-state index in [1.54, 1.807) is 24.3 Å². The quantitative estimate of drug-likeness (QED) is 0.330. The standard InChI is InChI=1S/C32H32ClNO2/c1-31(2,3)17-10-12-21-23(14-17)25-22-13-11-18(32(4,5)6)15-24(22)26(21)28-27(25)29(35)34(30(28)36)20-9-7-8-19(33)16-20/h7-16,25-28H,1-6H3/t25-,26-,27-,28+/m1/s1. The van der Waals surface area contributed by atoms with Crippen molar-refractivity contribution < 1.29 is 9.59 Å². The van der Waals surface area contributed by atoms with E-state index in [1.807, 2.05) is 0 Å². The summed E-state index contributed by atoms with van der Waals surface area (Å²) in [6.45, 7) is 13.3. The van der Waals surface area contributed by atoms with Crippen molar-refractivity contribution in [2.75, 3.05) is 4.90 Å². The first-order valence-electron chi connectivity index (χ1n) is 12.8. The van der Waals surface area contributed by atoms with Gasteiger partial charge < -0.3 is 0 Å². The third-order valence-corrected chi connectivity index (χ3v) is 8.66. The SMILES string of the molecule is CC(C)(C)c1ccc2c(c1)[C@H]1c3ccc(C(C)(C)C)cc3[C@@H]2[C@@H]2C(=O)N(c3cccc(Cl)c3)C(=O)[C@H]12. The van der Waals surface area contributed by atoms with Gasteiger partial charge in [-0.25, -0.2) is 4.90 Å². The molecule has 4 heteroatoms. The molecule has 2 amide bonds. The summed E-state index contributed by atoms with van der Waals surface area (Å²) in [5.41, 5.74) is 7.86. The highest BCUT2D eigenvalue weighted by atomic mass is 35.5. The van der Waals surface area contributed by atoms with Gasteiger partial charge in [0.1, 0.15) is 0 Å². The van der Waals surface area contributed by atoms with Crippen LogP contribution in [-0.4, -0.2) is 11.8 Å². The summed E-state index contributed by atoms with van der Waals surface area (Å²) in [5, 5.41) is 0.516. The molecule has 3 aromatic rings. The van der Waals surface area contributed by atoms with E-state index in [9.17, 15) is 9.59 Å². The Kier molecular flexibility index (Phi) is 4.93. The lowest BCUT2D eigenvalue weighted by Crippen LogP contribution is -2.42. The van der Waals surface area contributed by atoms with Gasteiger partial charge in [0.25, 0.3) is 0 Å². The van der Waals surface area contributed by atoms with Crippen LogP contribution >= 0.6 is 11.6 Å². The molecule has 0 saturated carbocycles. The normalized spacial score (nSPS) is 24.6. The summed E-state index contributed by atoms with van der Waals surface area (Å²) in [6, 6.07) is 20.5. The Labute approximate surface area is 218 Å². The van der Waals surface area contributed by atoms with E-state index in [0.29, 0.717) is 10.7 Å². The molecule has 3 nitrogen and oxygen atoms in total. The zero-order valence-electron chi connectivity index (χ0n) is 21.7. The Hall–Kier alpha value is -2.91. The molecule has 4 atom stereocenters. The van der Waals surface area contributed by atoms with E-state index in [4.69, 9.17) is 11.6 Å². The second-order valence-corrected chi connectivity index (χ2v) is 13.1. The minimum Gasteiger partial charge on any atom is -0.274 e. The van der Waals surface area contributed by atoms with Crippen LogP contribution in [0.1, 0.15) is 86.8 Å². The van der Waals surface area contributed by atoms with E-state index < -0.39 is 11.8 Å². The maximum absolute atomic E-state index is 14.0. The molecule has 1 heterocycles. The highest BCUT2D eigenvalue weighted by molar-refractivity contribution is 6.31. The monoisotopic (exact) mass is 497 g/mol. The summed E-state index contributed by atoms with van der Waals surface area (Å²) in [6.07, 6.45) is 0. The van der Waals surface area contributed by atoms with Gasteiger partial charge in [0.2, 0.25) is 11.8 Å². The molecule has 184 valence electrons. The Balaban J connectivity index is 1.58. The summed E-state index contributed by atoms with van der Waals surface area (Å²) in [7, 11) is 0. The average Bonchev–Trinajstić information content (AvgIpc) is 3.07. The molecule has 1 fully saturated rings. The van der Waals surface area contributed by atoms with Crippen molar-refractivity contribution in [1.82, 2.24) is 0 Å². The van der Waals surface area contributed by atoms with Crippen LogP contribution in [-0.2, 0) is 20.4 Å². The number of benzene rings is 3. The van der Waals surface area contributed by atoms with Crippen molar-refractivity contribution >= 4 is 29.1 Å². The van der Waals surface area contributed by atoms with Gasteiger partial charge in [-0.1, -0.05) is 95.6 Å². The average molecular weight is 498 g/mol. The summed E-state index contributed by atoms with van der Waals surface area (Å²) in [4.78, 5) is 29.5. The number of nitrogens with zero attached hydrogens (tertiary/aromatic N) is 1. The maximum Gasteiger partial charge on any atom is 0.238 e. The molecular formula is C32H32ClNO2. The van der Waals surface area contributed by atoms with Crippen molar-refractivity contribution in [1.29, 1.82) is 0 Å². The van der Waals surface area contributed by atoms with Crippen molar-refractivity contribution in [3.8, 4) is 0 Å². The lowest BCUT2D eigenvalue weighted by atomic mass is 9.54. The third kappa shape index (κ3) is 3.25. The zero-order chi connectivity index (χ0) is 25.7. The van der Waals surface area contributed by atoms with Crippen LogP contribution in [0.5, 0.6) is 0 Å². The van der Waals surface area contributed by atoms with E-state index >= 15 is 0 Å². The first kappa shape index (κ1) is 23.5. The number of carbonyl (C=O) groups excluding carboxylic acids is 2. The van der Waals surface area contributed by atoms with Gasteiger partial charge in [-0.05, 0) is 62.4 Å². The molecule has 0 aromatic heterocycles. The molecule has 7 rings (SSSR count). The van der Waals surface area contributed by atoms with E-state index in [0.717, 1.165) is 0 Å². The summed E-state index contributed by atoms with van der Waals surface area (Å²) < 4.78 is 0. The van der Waals surface area contributed by atoms with Crippen molar-refractivity contribution in [3.63, 3.8) is 0 Å². The van der Waals surface area contributed by atoms with Crippen molar-refractivity contribution in [3.05, 3.63) is 99.1 Å². The predicted molar refractivity (Wildman–Crippen MR) is 145 cm³/mol. The number of amides is 2. The van der Waals surface area contributed by atoms with Gasteiger partial charge >= 0.3 is 0 Å². The molecule has 3 aromatic carbocycles. The highest BCUT2D eigenvalue weighted by Crippen LogP contribution is 2.62. The molecule has 1 aliphatic heterocycles. The van der Waals surface area contributed by atoms with Crippen molar-refractivity contribution in [2.24, 2.45) is 11.8 Å². The number of anilines is 1. The fourth-order valence-corrected chi connectivity index (χ4v) is 6.76. The number of imide groups is 1. The first-order valence-corrected chi connectivity index (χ1v) is 13.2. The Morgan fingerprint density at radius 3 is 1.53 bits per heavy atom. The van der Waals surface area contributed by atoms with Crippen LogP contribution in [0.25, 0.3) is 0 Å². The zero-order valence-corrected chi connectivity index (χ0v) is 22.5. The van der Waals surface area contributed by atoms with Crippen LogP contribution in [0, 0.1) is 11.8 Å². The minimum absolute atomic E-state index is 0.00757. The molecule has 3 aliphatic carbocycles. The summed E-state index contributed by atoms with van der Waals surface area (Å²) in [5.74, 6) is -1.31. The molecule has 0 spiro atoms. The second-order valence-electron chi connectivity index (χ2n) is 12.7. The molecule has 0 radical (unpaired) electrons. The second kappa shape index (κ2) is 7.55. The van der Waals surface area contributed by atoms with Crippen molar-refractivity contribution in [2.45, 2.75) is 64.2 Å². The third-order valence-electron chi connectivity index (χ3n) is 8.43. The molecule has 4 aliphatic rings. The summed E-state index contributed by atoms with van der Waals surface area (Å²) >= 11 is 6.26. The molecule has 36 heavy (non-hydrogen) atoms. The smallest absolute Gasteiger partial charge is 0.238 e. The molecule has 0 N–H and O–H groups in total. The first-order chi connectivity index (χ1) is 16.9. The van der Waals surface area contributed by atoms with Gasteiger partial charge in [0, 0.05) is 16.9 Å². The topological polar surface area (TPSA) is 37.4 Å². The molecule has 1 saturated heterocycles. The number of rotatable bonds is 1. The van der Waals surface area contributed by atoms with E-state index in [1.165, 1.54) is 38.3 Å². The molecule has 2 bridgehead atoms. The highest BCUT2D eigenvalue weighted by Gasteiger charge is 2.62. The number of halogens is 1. The molecular weight excluding hydrogens is 466 g/mol. The number of carbonyl (C=O) groups is 2. The lowest BCUT2D eigenvalue weighted by molar-refractivity contribution is -0.122. The van der Waals surface area contributed by atoms with Gasteiger partial charge in [-0.2, -0.15) is 0 Å². The van der Waals surface area contributed by atoms with Gasteiger partial charge in [0.05, 0.1) is 17.5 Å². The largest absolute Gasteiger partial charge is 0.274 e. The van der Waals surface area contributed by atoms with E-state index in [-0.39, 0.29) is 34.5 Å². The van der Waals surface area contributed by atoms with Crippen LogP contribution in [0.4, 0.5) is 5.69 Å². The van der Waals surface area contributed by atoms with Gasteiger partial charge in [-0.3, -0.25) is 9.59 Å². The molecule has 0 unspecified atom stereocenters. The van der Waals surface area contributed by atoms with Gasteiger partial charge in [0.15, 0.2) is 0 Å². The minimum atomic E-state index is -0.405. The van der Waals surface area contributed by atoms with Gasteiger partial charge in [-0.15, -0.1) is 0 Å². The van der Waals surface area contributed by atoms with Crippen LogP contribution in [0.15, 0.2) is 60.7 Å². The van der Waals surface area contributed by atoms with Crippen LogP contribution in [0.3, 0.4) is 0 Å². The fourth-order valence-electron chi connectivity index (χ4n) is 6.58. The maximum atomic E-state index is 14.0.